The molecule has 1 aliphatic rings. The molecular weight excluding hydrogens is 403 g/mol. The fourth-order valence-corrected chi connectivity index (χ4v) is 3.15. The number of hydrogen-bond donors (Lipinski definition) is 0. The Bertz CT molecular complexity index is 830. The third-order valence-corrected chi connectivity index (χ3v) is 4.63. The van der Waals surface area contributed by atoms with Gasteiger partial charge in [0.2, 0.25) is 0 Å². The Morgan fingerprint density at radius 2 is 1.69 bits per heavy atom. The van der Waals surface area contributed by atoms with Crippen molar-refractivity contribution in [2.45, 2.75) is 37.2 Å². The van der Waals surface area contributed by atoms with Crippen LogP contribution in [0.5, 0.6) is 0 Å². The summed E-state index contributed by atoms with van der Waals surface area (Å²) >= 11 is 5.96. The van der Waals surface area contributed by atoms with Crippen LogP contribution in [0.4, 0.5) is 4.39 Å². The van der Waals surface area contributed by atoms with Crippen molar-refractivity contribution in [1.82, 2.24) is 0 Å². The largest absolute Gasteiger partial charge is 0.451 e. The zero-order chi connectivity index (χ0) is 20.9. The quantitative estimate of drug-likeness (QED) is 0.501. The highest BCUT2D eigenvalue weighted by molar-refractivity contribution is 6.24. The maximum atomic E-state index is 15.2. The number of carbonyl (C=O) groups excluding carboxylic acids is 2. The lowest BCUT2D eigenvalue weighted by molar-refractivity contribution is -0.187. The lowest BCUT2D eigenvalue weighted by Gasteiger charge is -2.24. The number of ether oxygens (including phenoxy) is 4. The molecule has 1 fully saturated rings. The van der Waals surface area contributed by atoms with Gasteiger partial charge in [0.1, 0.15) is 6.10 Å². The zero-order valence-electron chi connectivity index (χ0n) is 15.6. The van der Waals surface area contributed by atoms with Crippen LogP contribution < -0.4 is 0 Å². The Labute approximate surface area is 172 Å². The first-order valence-electron chi connectivity index (χ1n) is 8.96. The average Bonchev–Trinajstić information content (AvgIpc) is 2.93. The first kappa shape index (κ1) is 21.2. The smallest absolute Gasteiger partial charge is 0.338 e. The van der Waals surface area contributed by atoms with E-state index in [1.165, 1.54) is 12.1 Å². The molecule has 1 heterocycles. The second-order valence-electron chi connectivity index (χ2n) is 6.48. The van der Waals surface area contributed by atoms with E-state index in [4.69, 9.17) is 30.5 Å². The molecular formula is C21H20ClFO6. The standard InChI is InChI=1S/C21H20ClFO6/c1-14(24)27-20-21(22,23)18(29-19(25)16-10-6-3-7-11-16)17(28-20)13-26-12-15-8-4-2-5-9-15/h2-11,17-18,20H,12-13H2,1H3/t17-,18-,20?,21-/m1/s1. The first-order chi connectivity index (χ1) is 13.9. The van der Waals surface area contributed by atoms with Crippen LogP contribution in [-0.2, 0) is 30.3 Å². The number of esters is 2. The van der Waals surface area contributed by atoms with E-state index in [-0.39, 0.29) is 18.8 Å². The van der Waals surface area contributed by atoms with Crippen molar-refractivity contribution in [1.29, 1.82) is 0 Å². The molecule has 0 saturated carbocycles. The molecule has 0 amide bonds. The molecule has 0 radical (unpaired) electrons. The maximum absolute atomic E-state index is 15.2. The summed E-state index contributed by atoms with van der Waals surface area (Å²) in [5.74, 6) is -1.56. The molecule has 1 aliphatic heterocycles. The predicted molar refractivity (Wildman–Crippen MR) is 102 cm³/mol. The maximum Gasteiger partial charge on any atom is 0.338 e. The van der Waals surface area contributed by atoms with Gasteiger partial charge >= 0.3 is 11.9 Å². The van der Waals surface area contributed by atoms with E-state index in [1.54, 1.807) is 18.2 Å². The molecule has 1 saturated heterocycles. The first-order valence-corrected chi connectivity index (χ1v) is 9.34. The van der Waals surface area contributed by atoms with Crippen LogP contribution in [0.1, 0.15) is 22.8 Å². The number of alkyl halides is 2. The number of halogens is 2. The van der Waals surface area contributed by atoms with Gasteiger partial charge in [-0.15, -0.1) is 0 Å². The van der Waals surface area contributed by atoms with Crippen molar-refractivity contribution in [3.63, 3.8) is 0 Å². The van der Waals surface area contributed by atoms with Crippen molar-refractivity contribution in [3.05, 3.63) is 71.8 Å². The lowest BCUT2D eigenvalue weighted by atomic mass is 10.1. The van der Waals surface area contributed by atoms with Crippen molar-refractivity contribution in [3.8, 4) is 0 Å². The highest BCUT2D eigenvalue weighted by atomic mass is 35.5. The molecule has 0 aliphatic carbocycles. The molecule has 0 spiro atoms. The minimum atomic E-state index is -2.77. The van der Waals surface area contributed by atoms with Crippen molar-refractivity contribution in [2.75, 3.05) is 6.61 Å². The van der Waals surface area contributed by atoms with Crippen LogP contribution in [0, 0.1) is 0 Å². The molecule has 4 atom stereocenters. The predicted octanol–water partition coefficient (Wildman–Crippen LogP) is 3.62. The van der Waals surface area contributed by atoms with E-state index in [1.807, 2.05) is 30.3 Å². The summed E-state index contributed by atoms with van der Waals surface area (Å²) in [7, 11) is 0. The lowest BCUT2D eigenvalue weighted by Crippen LogP contribution is -2.44. The van der Waals surface area contributed by atoms with Crippen LogP contribution >= 0.6 is 11.6 Å². The Kier molecular flexibility index (Phi) is 6.84. The SMILES string of the molecule is CC(=O)OC1O[C@H](COCc2ccccc2)[C@@H](OC(=O)c2ccccc2)[C@]1(F)Cl. The number of hydrogen-bond acceptors (Lipinski definition) is 6. The molecule has 0 bridgehead atoms. The molecule has 6 nitrogen and oxygen atoms in total. The van der Waals surface area contributed by atoms with E-state index in [2.05, 4.69) is 0 Å². The van der Waals surface area contributed by atoms with Crippen LogP contribution in [0.25, 0.3) is 0 Å². The van der Waals surface area contributed by atoms with E-state index < -0.39 is 35.6 Å². The fourth-order valence-electron chi connectivity index (χ4n) is 2.87. The van der Waals surface area contributed by atoms with E-state index in [0.29, 0.717) is 0 Å². The minimum absolute atomic E-state index is 0.127. The monoisotopic (exact) mass is 422 g/mol. The summed E-state index contributed by atoms with van der Waals surface area (Å²) < 4.78 is 36.3. The summed E-state index contributed by atoms with van der Waals surface area (Å²) in [6, 6.07) is 17.4. The number of benzene rings is 2. The molecule has 1 unspecified atom stereocenters. The number of rotatable bonds is 7. The van der Waals surface area contributed by atoms with Gasteiger partial charge in [-0.2, -0.15) is 0 Å². The second-order valence-corrected chi connectivity index (χ2v) is 7.06. The molecule has 2 aromatic rings. The van der Waals surface area contributed by atoms with Gasteiger partial charge in [-0.1, -0.05) is 60.1 Å². The topological polar surface area (TPSA) is 71.1 Å². The summed E-state index contributed by atoms with van der Waals surface area (Å²) in [6.45, 7) is 1.21. The zero-order valence-corrected chi connectivity index (χ0v) is 16.4. The Morgan fingerprint density at radius 1 is 1.07 bits per heavy atom. The van der Waals surface area contributed by atoms with Crippen LogP contribution in [0.3, 0.4) is 0 Å². The Morgan fingerprint density at radius 3 is 2.31 bits per heavy atom. The molecule has 8 heteroatoms. The van der Waals surface area contributed by atoms with E-state index in [0.717, 1.165) is 12.5 Å². The molecule has 3 rings (SSSR count). The fraction of sp³-hybridized carbons (Fsp3) is 0.333. The Hall–Kier alpha value is -2.48. The Balaban J connectivity index is 1.72. The molecule has 0 N–H and O–H groups in total. The molecule has 154 valence electrons. The molecule has 29 heavy (non-hydrogen) atoms. The summed E-state index contributed by atoms with van der Waals surface area (Å²) in [5, 5.41) is -2.77. The summed E-state index contributed by atoms with van der Waals surface area (Å²) in [4.78, 5) is 23.7. The van der Waals surface area contributed by atoms with Gasteiger partial charge in [-0.25, -0.2) is 9.18 Å². The third kappa shape index (κ3) is 5.32. The molecule has 0 aromatic heterocycles. The van der Waals surface area contributed by atoms with Gasteiger partial charge in [0.05, 0.1) is 18.8 Å². The van der Waals surface area contributed by atoms with Gasteiger partial charge in [0.25, 0.3) is 11.4 Å². The summed E-state index contributed by atoms with van der Waals surface area (Å²) in [6.07, 6.45) is -4.35. The van der Waals surface area contributed by atoms with Crippen molar-refractivity contribution in [2.24, 2.45) is 0 Å². The molecule has 2 aromatic carbocycles. The third-order valence-electron chi connectivity index (χ3n) is 4.24. The number of carbonyl (C=O) groups is 2. The van der Waals surface area contributed by atoms with Crippen molar-refractivity contribution < 1.29 is 32.9 Å². The van der Waals surface area contributed by atoms with Gasteiger partial charge in [-0.3, -0.25) is 4.79 Å². The van der Waals surface area contributed by atoms with E-state index in [9.17, 15) is 9.59 Å². The van der Waals surface area contributed by atoms with Crippen LogP contribution in [0.2, 0.25) is 0 Å². The van der Waals surface area contributed by atoms with Crippen LogP contribution in [-0.4, -0.2) is 42.2 Å². The normalized spacial score (nSPS) is 26.1. The average molecular weight is 423 g/mol. The highest BCUT2D eigenvalue weighted by Gasteiger charge is 2.61. The summed E-state index contributed by atoms with van der Waals surface area (Å²) in [5.41, 5.74) is 1.12. The van der Waals surface area contributed by atoms with Gasteiger partial charge in [-0.05, 0) is 17.7 Å². The van der Waals surface area contributed by atoms with Crippen LogP contribution in [0.15, 0.2) is 60.7 Å². The van der Waals surface area contributed by atoms with Gasteiger partial charge in [0.15, 0.2) is 6.10 Å². The highest BCUT2D eigenvalue weighted by Crippen LogP contribution is 2.41. The van der Waals surface area contributed by atoms with E-state index >= 15 is 4.39 Å². The van der Waals surface area contributed by atoms with Gasteiger partial charge < -0.3 is 18.9 Å². The minimum Gasteiger partial charge on any atom is -0.451 e. The second kappa shape index (κ2) is 9.35. The van der Waals surface area contributed by atoms with Gasteiger partial charge in [0, 0.05) is 6.92 Å². The van der Waals surface area contributed by atoms with Crippen molar-refractivity contribution >= 4 is 23.5 Å².